The molecule has 12 heteroatoms. The molecule has 0 amide bonds. The topological polar surface area (TPSA) is 139 Å². The van der Waals surface area contributed by atoms with Crippen LogP contribution in [-0.2, 0) is 23.9 Å². The van der Waals surface area contributed by atoms with Gasteiger partial charge < -0.3 is 43.1 Å². The molecule has 0 unspecified atom stereocenters. The Bertz CT molecular complexity index is 1610. The first-order valence-electron chi connectivity index (χ1n) is 15.0. The molecule has 47 heavy (non-hydrogen) atoms. The molecule has 1 heterocycles. The third-order valence-electron chi connectivity index (χ3n) is 7.87. The molecule has 11 nitrogen and oxygen atoms in total. The molecule has 1 aliphatic carbocycles. The van der Waals surface area contributed by atoms with Gasteiger partial charge in [-0.15, -0.1) is 0 Å². The van der Waals surface area contributed by atoms with E-state index in [9.17, 15) is 19.5 Å². The third kappa shape index (κ3) is 7.97. The third-order valence-corrected chi connectivity index (χ3v) is 7.87. The maximum absolute atomic E-state index is 13.1. The van der Waals surface area contributed by atoms with E-state index in [1.54, 1.807) is 51.1 Å². The first-order chi connectivity index (χ1) is 22.0. The Morgan fingerprint density at radius 3 is 2.28 bits per heavy atom. The molecule has 244 valence electrons. The van der Waals surface area contributed by atoms with Crippen molar-refractivity contribution in [2.45, 2.75) is 46.0 Å². The molecule has 2 aliphatic rings. The summed E-state index contributed by atoms with van der Waals surface area (Å²) in [5.74, 6) is -2.66. The molecule has 5 rings (SSSR count). The summed E-state index contributed by atoms with van der Waals surface area (Å²) in [6.07, 6.45) is 0.796. The first kappa shape index (κ1) is 35.9. The molecule has 0 bridgehead atoms. The van der Waals surface area contributed by atoms with E-state index in [1.165, 1.54) is 7.11 Å². The van der Waals surface area contributed by atoms with Gasteiger partial charge in [-0.1, -0.05) is 25.1 Å². The van der Waals surface area contributed by atoms with Crippen molar-refractivity contribution in [3.05, 3.63) is 76.9 Å². The SMILES string of the molecule is CCCOc1ccc2c(c1)[C@@H](c1ccc(OC)cc1OCC(=O)OCOC(=O)C(C)(C)C)[C@H](C(=O)[O-])[C@H]2c1ccc2c(c1)OCO2.[Na+]. The van der Waals surface area contributed by atoms with Gasteiger partial charge in [-0.25, -0.2) is 4.79 Å². The van der Waals surface area contributed by atoms with Crippen molar-refractivity contribution in [2.24, 2.45) is 11.3 Å². The number of hydrogen-bond acceptors (Lipinski definition) is 11. The van der Waals surface area contributed by atoms with Gasteiger partial charge in [-0.05, 0) is 74.2 Å². The second-order valence-electron chi connectivity index (χ2n) is 12.1. The van der Waals surface area contributed by atoms with Crippen LogP contribution in [0.3, 0.4) is 0 Å². The summed E-state index contributed by atoms with van der Waals surface area (Å²) in [7, 11) is 1.48. The van der Waals surface area contributed by atoms with Crippen molar-refractivity contribution in [3.63, 3.8) is 0 Å². The van der Waals surface area contributed by atoms with Crippen LogP contribution in [0.5, 0.6) is 28.7 Å². The van der Waals surface area contributed by atoms with Crippen LogP contribution >= 0.6 is 0 Å². The Morgan fingerprint density at radius 2 is 1.57 bits per heavy atom. The number of hydrogen-bond donors (Lipinski definition) is 0. The van der Waals surface area contributed by atoms with Crippen LogP contribution in [0.2, 0.25) is 0 Å². The molecule has 0 radical (unpaired) electrons. The second-order valence-corrected chi connectivity index (χ2v) is 12.1. The number of rotatable bonds is 12. The zero-order valence-electron chi connectivity index (χ0n) is 27.5. The molecule has 0 saturated carbocycles. The van der Waals surface area contributed by atoms with Crippen molar-refractivity contribution in [3.8, 4) is 28.7 Å². The number of carboxylic acids is 1. The van der Waals surface area contributed by atoms with Gasteiger partial charge in [0.25, 0.3) is 0 Å². The van der Waals surface area contributed by atoms with E-state index in [0.29, 0.717) is 40.7 Å². The van der Waals surface area contributed by atoms with E-state index >= 15 is 0 Å². The Kier molecular flexibility index (Phi) is 11.7. The van der Waals surface area contributed by atoms with Crippen LogP contribution in [0.4, 0.5) is 0 Å². The minimum absolute atomic E-state index is 0. The van der Waals surface area contributed by atoms with Crippen molar-refractivity contribution >= 4 is 17.9 Å². The Morgan fingerprint density at radius 1 is 0.851 bits per heavy atom. The summed E-state index contributed by atoms with van der Waals surface area (Å²) >= 11 is 0. The number of benzene rings is 3. The van der Waals surface area contributed by atoms with Crippen LogP contribution < -0.4 is 58.3 Å². The standard InChI is InChI=1S/C35H38O11.Na/c1-6-13-41-22-9-10-23-25(15-22)31(32(33(37)38)30(23)20-7-12-26-28(14-20)44-18-43-26)24-11-8-21(40-5)16-27(24)42-17-29(36)45-19-46-34(39)35(2,3)4;/h7-12,14-16,30-32H,6,13,17-19H2,1-5H3,(H,37,38);/q;+1/p-1/t30-,31+,32+;/m0./s1. The van der Waals surface area contributed by atoms with E-state index in [0.717, 1.165) is 17.5 Å². The van der Waals surface area contributed by atoms with Crippen molar-refractivity contribution in [1.29, 1.82) is 0 Å². The zero-order chi connectivity index (χ0) is 33.0. The van der Waals surface area contributed by atoms with Crippen LogP contribution in [0.15, 0.2) is 54.6 Å². The van der Waals surface area contributed by atoms with Gasteiger partial charge in [-0.2, -0.15) is 0 Å². The molecule has 0 fully saturated rings. The number of carboxylic acid groups (broad SMARTS) is 1. The van der Waals surface area contributed by atoms with Gasteiger partial charge in [0.2, 0.25) is 13.6 Å². The largest absolute Gasteiger partial charge is 1.00 e. The summed E-state index contributed by atoms with van der Waals surface area (Å²) in [5.41, 5.74) is 1.96. The summed E-state index contributed by atoms with van der Waals surface area (Å²) in [4.78, 5) is 37.7. The van der Waals surface area contributed by atoms with Crippen molar-refractivity contribution < 1.29 is 82.2 Å². The van der Waals surface area contributed by atoms with E-state index in [1.807, 2.05) is 31.2 Å². The number of carbonyl (C=O) groups is 3. The number of carbonyl (C=O) groups excluding carboxylic acids is 3. The van der Waals surface area contributed by atoms with Crippen molar-refractivity contribution in [2.75, 3.05) is 33.9 Å². The van der Waals surface area contributed by atoms with Gasteiger partial charge in [0.1, 0.15) is 17.2 Å². The number of esters is 2. The van der Waals surface area contributed by atoms with E-state index in [2.05, 4.69) is 0 Å². The van der Waals surface area contributed by atoms with Crippen LogP contribution in [-0.4, -0.2) is 51.8 Å². The first-order valence-corrected chi connectivity index (χ1v) is 15.0. The Hall–Kier alpha value is -3.93. The predicted molar refractivity (Wildman–Crippen MR) is 162 cm³/mol. The monoisotopic (exact) mass is 656 g/mol. The molecule has 0 aromatic heterocycles. The number of aliphatic carboxylic acids is 1. The molecule has 3 aromatic carbocycles. The Labute approximate surface area is 295 Å². The molecule has 0 spiro atoms. The van der Waals surface area contributed by atoms with Gasteiger partial charge in [0.05, 0.1) is 19.1 Å². The normalized spacial score (nSPS) is 17.6. The summed E-state index contributed by atoms with van der Waals surface area (Å²) in [6, 6.07) is 16.0. The predicted octanol–water partition coefficient (Wildman–Crippen LogP) is 1.33. The second kappa shape index (κ2) is 15.3. The van der Waals surface area contributed by atoms with Crippen LogP contribution in [0, 0.1) is 11.3 Å². The van der Waals surface area contributed by atoms with E-state index in [-0.39, 0.29) is 42.1 Å². The molecule has 1 aliphatic heterocycles. The number of methoxy groups -OCH3 is 1. The molecule has 3 aromatic rings. The van der Waals surface area contributed by atoms with Gasteiger partial charge in [0, 0.05) is 35.4 Å². The Balaban J connectivity index is 0.00000500. The molecular weight excluding hydrogens is 619 g/mol. The van der Waals surface area contributed by atoms with Gasteiger partial charge in [-0.3, -0.25) is 4.79 Å². The average Bonchev–Trinajstić information content (AvgIpc) is 3.64. The minimum atomic E-state index is -1.26. The fourth-order valence-electron chi connectivity index (χ4n) is 5.69. The number of ether oxygens (including phenoxy) is 7. The fraction of sp³-hybridized carbons (Fsp3) is 0.400. The fourth-order valence-corrected chi connectivity index (χ4v) is 5.69. The maximum atomic E-state index is 13.1. The molecule has 0 N–H and O–H groups in total. The summed E-state index contributed by atoms with van der Waals surface area (Å²) in [6.45, 7) is 6.52. The smallest absolute Gasteiger partial charge is 0.550 e. The van der Waals surface area contributed by atoms with Crippen LogP contribution in [0.25, 0.3) is 0 Å². The minimum Gasteiger partial charge on any atom is -0.550 e. The zero-order valence-corrected chi connectivity index (χ0v) is 29.5. The van der Waals surface area contributed by atoms with Crippen LogP contribution in [0.1, 0.15) is 68.2 Å². The summed E-state index contributed by atoms with van der Waals surface area (Å²) < 4.78 is 38.4. The number of fused-ring (bicyclic) bond motifs is 2. The molecule has 3 atom stereocenters. The molecule has 0 saturated heterocycles. The van der Waals surface area contributed by atoms with Crippen molar-refractivity contribution in [1.82, 2.24) is 0 Å². The average molecular weight is 657 g/mol. The van der Waals surface area contributed by atoms with Gasteiger partial charge in [0.15, 0.2) is 18.1 Å². The van der Waals surface area contributed by atoms with E-state index < -0.39 is 54.5 Å². The summed E-state index contributed by atoms with van der Waals surface area (Å²) in [5, 5.41) is 13.1. The quantitative estimate of drug-likeness (QED) is 0.159. The van der Waals surface area contributed by atoms with Gasteiger partial charge >= 0.3 is 41.5 Å². The maximum Gasteiger partial charge on any atom is 1.00 e. The van der Waals surface area contributed by atoms with E-state index in [4.69, 9.17) is 33.2 Å². The molecular formula is C35H37NaO11.